The monoisotopic (exact) mass is 282 g/mol. The summed E-state index contributed by atoms with van der Waals surface area (Å²) in [5.41, 5.74) is 1.44. The van der Waals surface area contributed by atoms with Crippen molar-refractivity contribution in [3.63, 3.8) is 0 Å². The molecule has 1 N–H and O–H groups in total. The van der Waals surface area contributed by atoms with Crippen LogP contribution in [-0.4, -0.2) is 27.8 Å². The van der Waals surface area contributed by atoms with Gasteiger partial charge in [-0.05, 0) is 33.2 Å². The molecule has 0 saturated carbocycles. The third-order valence-corrected chi connectivity index (χ3v) is 3.78. The lowest BCUT2D eigenvalue weighted by Gasteiger charge is -2.27. The lowest BCUT2D eigenvalue weighted by molar-refractivity contribution is -0.386. The van der Waals surface area contributed by atoms with E-state index in [1.807, 2.05) is 11.7 Å². The fourth-order valence-electron chi connectivity index (χ4n) is 2.84. The summed E-state index contributed by atoms with van der Waals surface area (Å²) in [5.74, 6) is 0.357. The van der Waals surface area contributed by atoms with Gasteiger partial charge < -0.3 is 5.32 Å². The van der Waals surface area contributed by atoms with E-state index in [9.17, 15) is 10.1 Å². The van der Waals surface area contributed by atoms with Crippen LogP contribution in [-0.2, 0) is 6.54 Å². The van der Waals surface area contributed by atoms with Crippen molar-refractivity contribution < 1.29 is 4.92 Å². The van der Waals surface area contributed by atoms with Crippen molar-refractivity contribution in [2.24, 2.45) is 5.92 Å². The summed E-state index contributed by atoms with van der Waals surface area (Å²) in [4.78, 5) is 11.1. The molecule has 0 aliphatic carbocycles. The van der Waals surface area contributed by atoms with Gasteiger partial charge in [-0.3, -0.25) is 14.8 Å². The molecular formula is C14H26N4O2. The van der Waals surface area contributed by atoms with E-state index < -0.39 is 0 Å². The van der Waals surface area contributed by atoms with Gasteiger partial charge in [-0.1, -0.05) is 20.8 Å². The molecule has 1 aromatic heterocycles. The van der Waals surface area contributed by atoms with Gasteiger partial charge in [0.15, 0.2) is 0 Å². The van der Waals surface area contributed by atoms with Crippen LogP contribution in [0.5, 0.6) is 0 Å². The molecule has 0 saturated heterocycles. The largest absolute Gasteiger partial charge is 0.317 e. The predicted molar refractivity (Wildman–Crippen MR) is 80.0 cm³/mol. The zero-order valence-corrected chi connectivity index (χ0v) is 13.3. The van der Waals surface area contributed by atoms with Gasteiger partial charge in [0.25, 0.3) is 0 Å². The number of aromatic nitrogens is 2. The maximum absolute atomic E-state index is 11.4. The van der Waals surface area contributed by atoms with Crippen molar-refractivity contribution >= 4 is 5.69 Å². The summed E-state index contributed by atoms with van der Waals surface area (Å²) in [6.07, 6.45) is 0.907. The SMILES string of the molecule is CCCn1nc(C)c([N+](=O)[O-])c1C(C(C)C)C(C)NC. The maximum Gasteiger partial charge on any atom is 0.313 e. The molecule has 1 aromatic rings. The van der Waals surface area contributed by atoms with Crippen LogP contribution < -0.4 is 5.32 Å². The molecule has 0 aromatic carbocycles. The maximum atomic E-state index is 11.4. The van der Waals surface area contributed by atoms with Crippen molar-refractivity contribution in [3.05, 3.63) is 21.5 Å². The highest BCUT2D eigenvalue weighted by molar-refractivity contribution is 5.43. The number of hydrogen-bond acceptors (Lipinski definition) is 4. The van der Waals surface area contributed by atoms with Gasteiger partial charge >= 0.3 is 5.69 Å². The summed E-state index contributed by atoms with van der Waals surface area (Å²) in [6.45, 7) is 10.7. The molecule has 0 spiro atoms. The Morgan fingerprint density at radius 2 is 2.00 bits per heavy atom. The predicted octanol–water partition coefficient (Wildman–Crippen LogP) is 2.86. The van der Waals surface area contributed by atoms with Crippen LogP contribution in [0.3, 0.4) is 0 Å². The minimum Gasteiger partial charge on any atom is -0.317 e. The van der Waals surface area contributed by atoms with Crippen LogP contribution in [0, 0.1) is 23.0 Å². The van der Waals surface area contributed by atoms with E-state index in [1.165, 1.54) is 0 Å². The molecular weight excluding hydrogens is 256 g/mol. The Bertz CT molecular complexity index is 468. The third-order valence-electron chi connectivity index (χ3n) is 3.78. The van der Waals surface area contributed by atoms with Gasteiger partial charge in [-0.25, -0.2) is 0 Å². The zero-order chi connectivity index (χ0) is 15.4. The van der Waals surface area contributed by atoms with Crippen molar-refractivity contribution in [3.8, 4) is 0 Å². The van der Waals surface area contributed by atoms with Gasteiger partial charge in [0.1, 0.15) is 11.4 Å². The molecule has 2 unspecified atom stereocenters. The molecule has 6 nitrogen and oxygen atoms in total. The van der Waals surface area contributed by atoms with Crippen LogP contribution in [0.15, 0.2) is 0 Å². The molecule has 0 radical (unpaired) electrons. The standard InChI is InChI=1S/C14H26N4O2/c1-7-8-17-14(12(9(2)3)10(4)15-6)13(18(19)20)11(5)16-17/h9-10,12,15H,7-8H2,1-6H3. The molecule has 20 heavy (non-hydrogen) atoms. The van der Waals surface area contributed by atoms with Crippen LogP contribution in [0.25, 0.3) is 0 Å². The fraction of sp³-hybridized carbons (Fsp3) is 0.786. The molecule has 6 heteroatoms. The summed E-state index contributed by atoms with van der Waals surface area (Å²) >= 11 is 0. The van der Waals surface area contributed by atoms with E-state index in [1.54, 1.807) is 6.92 Å². The molecule has 0 bridgehead atoms. The highest BCUT2D eigenvalue weighted by atomic mass is 16.6. The summed E-state index contributed by atoms with van der Waals surface area (Å²) < 4.78 is 1.83. The summed E-state index contributed by atoms with van der Waals surface area (Å²) in [7, 11) is 1.89. The van der Waals surface area contributed by atoms with E-state index >= 15 is 0 Å². The summed E-state index contributed by atoms with van der Waals surface area (Å²) in [5, 5.41) is 19.0. The first kappa shape index (κ1) is 16.6. The minimum absolute atomic E-state index is 0.0631. The van der Waals surface area contributed by atoms with E-state index in [4.69, 9.17) is 0 Å². The Balaban J connectivity index is 3.47. The van der Waals surface area contributed by atoms with Gasteiger partial charge in [-0.15, -0.1) is 0 Å². The van der Waals surface area contributed by atoms with E-state index in [2.05, 4.69) is 38.1 Å². The highest BCUT2D eigenvalue weighted by Crippen LogP contribution is 2.36. The van der Waals surface area contributed by atoms with E-state index in [0.29, 0.717) is 18.2 Å². The first-order valence-corrected chi connectivity index (χ1v) is 7.24. The molecule has 1 rings (SSSR count). The molecule has 0 aliphatic heterocycles. The zero-order valence-electron chi connectivity index (χ0n) is 13.3. The normalized spacial score (nSPS) is 14.6. The highest BCUT2D eigenvalue weighted by Gasteiger charge is 2.35. The molecule has 2 atom stereocenters. The lowest BCUT2D eigenvalue weighted by atomic mass is 9.85. The Hall–Kier alpha value is -1.43. The number of aryl methyl sites for hydroxylation is 2. The Morgan fingerprint density at radius 3 is 2.40 bits per heavy atom. The van der Waals surface area contributed by atoms with Crippen molar-refractivity contribution in [1.82, 2.24) is 15.1 Å². The van der Waals surface area contributed by atoms with Crippen LogP contribution >= 0.6 is 0 Å². The smallest absolute Gasteiger partial charge is 0.313 e. The molecule has 0 amide bonds. The van der Waals surface area contributed by atoms with Gasteiger partial charge in [0, 0.05) is 18.5 Å². The Kier molecular flexibility index (Phi) is 5.68. The quantitative estimate of drug-likeness (QED) is 0.616. The average Bonchev–Trinajstić information content (AvgIpc) is 2.66. The van der Waals surface area contributed by atoms with E-state index in [-0.39, 0.29) is 22.6 Å². The minimum atomic E-state index is -0.290. The lowest BCUT2D eigenvalue weighted by Crippen LogP contribution is -2.33. The molecule has 0 fully saturated rings. The van der Waals surface area contributed by atoms with Crippen LogP contribution in [0.4, 0.5) is 5.69 Å². The van der Waals surface area contributed by atoms with Crippen molar-refractivity contribution in [2.75, 3.05) is 7.05 Å². The number of nitro groups is 1. The Morgan fingerprint density at radius 1 is 1.40 bits per heavy atom. The van der Waals surface area contributed by atoms with Crippen LogP contribution in [0.2, 0.25) is 0 Å². The Labute approximate surface area is 120 Å². The first-order chi connectivity index (χ1) is 9.34. The molecule has 1 heterocycles. The first-order valence-electron chi connectivity index (χ1n) is 7.24. The van der Waals surface area contributed by atoms with E-state index in [0.717, 1.165) is 12.1 Å². The van der Waals surface area contributed by atoms with Crippen molar-refractivity contribution in [2.45, 2.75) is 59.5 Å². The number of nitrogens with zero attached hydrogens (tertiary/aromatic N) is 3. The topological polar surface area (TPSA) is 73.0 Å². The number of nitrogens with one attached hydrogen (secondary N) is 1. The number of hydrogen-bond donors (Lipinski definition) is 1. The second-order valence-electron chi connectivity index (χ2n) is 5.65. The molecule has 114 valence electrons. The summed E-state index contributed by atoms with van der Waals surface area (Å²) in [6, 6.07) is 0.153. The molecule has 0 aliphatic rings. The second kappa shape index (κ2) is 6.83. The van der Waals surface area contributed by atoms with Gasteiger partial charge in [0.2, 0.25) is 0 Å². The van der Waals surface area contributed by atoms with Gasteiger partial charge in [-0.2, -0.15) is 5.10 Å². The van der Waals surface area contributed by atoms with Crippen LogP contribution in [0.1, 0.15) is 51.4 Å². The second-order valence-corrected chi connectivity index (χ2v) is 5.65. The fourth-order valence-corrected chi connectivity index (χ4v) is 2.84. The number of likely N-dealkylation sites (N-methyl/N-ethyl adjacent to an activating group) is 1. The van der Waals surface area contributed by atoms with Crippen molar-refractivity contribution in [1.29, 1.82) is 0 Å². The number of rotatable bonds is 7. The third kappa shape index (κ3) is 3.17. The van der Waals surface area contributed by atoms with Gasteiger partial charge in [0.05, 0.1) is 4.92 Å². The average molecular weight is 282 g/mol.